The van der Waals surface area contributed by atoms with Gasteiger partial charge in [0.25, 0.3) is 0 Å². The molecule has 1 aliphatic rings. The molecule has 0 aliphatic carbocycles. The molecule has 2 rings (SSSR count). The van der Waals surface area contributed by atoms with Gasteiger partial charge in [-0.3, -0.25) is 9.59 Å². The average molecular weight is 323 g/mol. The smallest absolute Gasteiger partial charge is 0.311 e. The summed E-state index contributed by atoms with van der Waals surface area (Å²) < 4.78 is 18.6. The number of halogens is 1. The summed E-state index contributed by atoms with van der Waals surface area (Å²) in [6.45, 7) is 3.87. The lowest BCUT2D eigenvalue weighted by Gasteiger charge is -2.29. The molecule has 126 valence electrons. The number of carbonyl (C=O) groups excluding carboxylic acids is 1. The van der Waals surface area contributed by atoms with Gasteiger partial charge >= 0.3 is 5.97 Å². The first-order valence-electron chi connectivity index (χ1n) is 7.84. The molecule has 5 nitrogen and oxygen atoms in total. The summed E-state index contributed by atoms with van der Waals surface area (Å²) in [6.07, 6.45) is 1.35. The normalized spacial score (nSPS) is 17.1. The fourth-order valence-electron chi connectivity index (χ4n) is 2.79. The molecule has 23 heavy (non-hydrogen) atoms. The predicted octanol–water partition coefficient (Wildman–Crippen LogP) is 2.38. The van der Waals surface area contributed by atoms with Crippen LogP contribution in [0.2, 0.25) is 0 Å². The first kappa shape index (κ1) is 17.2. The molecule has 1 aromatic rings. The van der Waals surface area contributed by atoms with E-state index >= 15 is 0 Å². The van der Waals surface area contributed by atoms with E-state index in [0.29, 0.717) is 25.0 Å². The Kier molecular flexibility index (Phi) is 5.23. The summed E-state index contributed by atoms with van der Waals surface area (Å²) in [5.74, 6) is -1.43. The molecule has 1 aromatic carbocycles. The van der Waals surface area contributed by atoms with Crippen LogP contribution in [0.4, 0.5) is 4.39 Å². The highest BCUT2D eigenvalue weighted by Gasteiger charge is 2.36. The number of rotatable bonds is 6. The highest BCUT2D eigenvalue weighted by Crippen LogP contribution is 2.29. The van der Waals surface area contributed by atoms with Gasteiger partial charge in [-0.05, 0) is 30.9 Å². The minimum Gasteiger partial charge on any atom is -0.492 e. The summed E-state index contributed by atoms with van der Waals surface area (Å²) >= 11 is 0. The Hall–Kier alpha value is -2.11. The van der Waals surface area contributed by atoms with E-state index in [4.69, 9.17) is 4.74 Å². The Bertz CT molecular complexity index is 598. The van der Waals surface area contributed by atoms with Crippen molar-refractivity contribution in [2.45, 2.75) is 33.1 Å². The highest BCUT2D eigenvalue weighted by molar-refractivity contribution is 5.81. The zero-order chi connectivity index (χ0) is 17.0. The van der Waals surface area contributed by atoms with Crippen LogP contribution in [-0.4, -0.2) is 30.1 Å². The Morgan fingerprint density at radius 1 is 1.39 bits per heavy atom. The molecule has 1 heterocycles. The zero-order valence-electron chi connectivity index (χ0n) is 13.4. The lowest BCUT2D eigenvalue weighted by molar-refractivity contribution is -0.149. The van der Waals surface area contributed by atoms with Crippen molar-refractivity contribution in [2.75, 3.05) is 13.2 Å². The van der Waals surface area contributed by atoms with Gasteiger partial charge in [-0.2, -0.15) is 0 Å². The zero-order valence-corrected chi connectivity index (χ0v) is 13.4. The van der Waals surface area contributed by atoms with Crippen LogP contribution in [0.3, 0.4) is 0 Å². The van der Waals surface area contributed by atoms with Gasteiger partial charge in [-0.1, -0.05) is 19.9 Å². The molecule has 1 atom stereocenters. The highest BCUT2D eigenvalue weighted by atomic mass is 19.1. The number of benzene rings is 1. The van der Waals surface area contributed by atoms with Gasteiger partial charge in [0.1, 0.15) is 18.2 Å². The number of amides is 1. The summed E-state index contributed by atoms with van der Waals surface area (Å²) in [7, 11) is 0. The van der Waals surface area contributed by atoms with Crippen LogP contribution in [0.15, 0.2) is 18.2 Å². The van der Waals surface area contributed by atoms with Crippen molar-refractivity contribution < 1.29 is 23.8 Å². The molecular weight excluding hydrogens is 301 g/mol. The van der Waals surface area contributed by atoms with Gasteiger partial charge in [0.15, 0.2) is 0 Å². The maximum atomic E-state index is 13.1. The monoisotopic (exact) mass is 323 g/mol. The maximum Gasteiger partial charge on any atom is 0.311 e. The van der Waals surface area contributed by atoms with E-state index in [1.807, 2.05) is 0 Å². The van der Waals surface area contributed by atoms with E-state index in [9.17, 15) is 19.1 Å². The van der Waals surface area contributed by atoms with Crippen LogP contribution < -0.4 is 10.1 Å². The number of fused-ring (bicyclic) bond motifs is 1. The average Bonchev–Trinajstić information content (AvgIpc) is 2.55. The molecule has 0 saturated heterocycles. The van der Waals surface area contributed by atoms with Gasteiger partial charge in [-0.15, -0.1) is 0 Å². The molecular formula is C17H22FNO4. The van der Waals surface area contributed by atoms with Crippen LogP contribution in [0.5, 0.6) is 5.75 Å². The van der Waals surface area contributed by atoms with Crippen molar-refractivity contribution >= 4 is 11.9 Å². The lowest BCUT2D eigenvalue weighted by atomic mass is 9.82. The van der Waals surface area contributed by atoms with Crippen molar-refractivity contribution in [1.82, 2.24) is 5.32 Å². The van der Waals surface area contributed by atoms with Crippen molar-refractivity contribution in [3.05, 3.63) is 29.6 Å². The quantitative estimate of drug-likeness (QED) is 0.843. The van der Waals surface area contributed by atoms with E-state index < -0.39 is 17.3 Å². The number of ether oxygens (including phenoxy) is 1. The van der Waals surface area contributed by atoms with Gasteiger partial charge in [0.05, 0.1) is 11.3 Å². The second kappa shape index (κ2) is 6.98. The lowest BCUT2D eigenvalue weighted by Crippen LogP contribution is -2.46. The van der Waals surface area contributed by atoms with Gasteiger partial charge in [0.2, 0.25) is 5.91 Å². The fourth-order valence-corrected chi connectivity index (χ4v) is 2.79. The van der Waals surface area contributed by atoms with E-state index in [0.717, 1.165) is 5.56 Å². The van der Waals surface area contributed by atoms with Crippen molar-refractivity contribution in [2.24, 2.45) is 11.3 Å². The topological polar surface area (TPSA) is 75.6 Å². The van der Waals surface area contributed by atoms with Crippen LogP contribution in [0.25, 0.3) is 0 Å². The number of aliphatic carboxylic acids is 1. The van der Waals surface area contributed by atoms with E-state index in [2.05, 4.69) is 5.32 Å². The first-order chi connectivity index (χ1) is 10.9. The molecule has 0 fully saturated rings. The minimum atomic E-state index is -0.938. The number of hydrogen-bond donors (Lipinski definition) is 2. The molecule has 0 spiro atoms. The van der Waals surface area contributed by atoms with Crippen LogP contribution in [0, 0.1) is 17.2 Å². The predicted molar refractivity (Wildman–Crippen MR) is 82.7 cm³/mol. The third-order valence-electron chi connectivity index (χ3n) is 4.71. The summed E-state index contributed by atoms with van der Waals surface area (Å²) in [5, 5.41) is 12.1. The number of nitrogens with one attached hydrogen (secondary N) is 1. The molecule has 0 unspecified atom stereocenters. The molecule has 0 radical (unpaired) electrons. The van der Waals surface area contributed by atoms with Gasteiger partial charge < -0.3 is 15.2 Å². The third-order valence-corrected chi connectivity index (χ3v) is 4.71. The maximum absolute atomic E-state index is 13.1. The minimum absolute atomic E-state index is 0.0982. The van der Waals surface area contributed by atoms with E-state index in [-0.39, 0.29) is 24.9 Å². The molecule has 2 N–H and O–H groups in total. The molecule has 6 heteroatoms. The van der Waals surface area contributed by atoms with E-state index in [1.165, 1.54) is 12.1 Å². The largest absolute Gasteiger partial charge is 0.492 e. The molecule has 1 aliphatic heterocycles. The van der Waals surface area contributed by atoms with Crippen LogP contribution >= 0.6 is 0 Å². The van der Waals surface area contributed by atoms with Crippen molar-refractivity contribution in [3.8, 4) is 5.75 Å². The molecule has 0 aromatic heterocycles. The van der Waals surface area contributed by atoms with Gasteiger partial charge in [-0.25, -0.2) is 4.39 Å². The van der Waals surface area contributed by atoms with Crippen molar-refractivity contribution in [3.63, 3.8) is 0 Å². The second-order valence-corrected chi connectivity index (χ2v) is 5.97. The first-order valence-corrected chi connectivity index (χ1v) is 7.84. The van der Waals surface area contributed by atoms with E-state index in [1.54, 1.807) is 19.9 Å². The van der Waals surface area contributed by atoms with Gasteiger partial charge in [0, 0.05) is 12.6 Å². The number of carbonyl (C=O) groups is 2. The molecule has 0 bridgehead atoms. The Labute approximate surface area is 134 Å². The number of hydrogen-bond acceptors (Lipinski definition) is 3. The Morgan fingerprint density at radius 3 is 2.70 bits per heavy atom. The molecule has 1 amide bonds. The standard InChI is InChI=1S/C17H22FNO4/c1-3-17(4-2,16(21)22)10-19-15(20)12-7-11-5-6-13(18)8-14(11)23-9-12/h5-6,8,12H,3-4,7,9-10H2,1-2H3,(H,19,20)(H,21,22)/t12-/m0/s1. The second-order valence-electron chi connectivity index (χ2n) is 5.97. The molecule has 0 saturated carbocycles. The number of carboxylic acids is 1. The SMILES string of the molecule is CCC(CC)(CNC(=O)[C@@H]1COc2cc(F)ccc2C1)C(=O)O. The summed E-state index contributed by atoms with van der Waals surface area (Å²) in [6, 6.07) is 4.27. The third kappa shape index (κ3) is 3.63. The fraction of sp³-hybridized carbons (Fsp3) is 0.529. The Balaban J connectivity index is 1.99. The number of carboxylic acid groups (broad SMARTS) is 1. The van der Waals surface area contributed by atoms with Crippen molar-refractivity contribution in [1.29, 1.82) is 0 Å². The summed E-state index contributed by atoms with van der Waals surface area (Å²) in [5.41, 5.74) is -0.153. The Morgan fingerprint density at radius 2 is 2.09 bits per heavy atom. The summed E-state index contributed by atoms with van der Waals surface area (Å²) in [4.78, 5) is 23.8. The van der Waals surface area contributed by atoms with Crippen LogP contribution in [-0.2, 0) is 16.0 Å². The van der Waals surface area contributed by atoms with Crippen LogP contribution in [0.1, 0.15) is 32.3 Å².